The number of aromatic amines is 1. The second-order valence-corrected chi connectivity index (χ2v) is 5.39. The molecule has 0 aliphatic rings. The molecule has 3 rings (SSSR count). The molecule has 4 nitrogen and oxygen atoms in total. The molecule has 1 aromatic carbocycles. The Bertz CT molecular complexity index is 940. The van der Waals surface area contributed by atoms with Gasteiger partial charge in [0.05, 0.1) is 16.9 Å². The van der Waals surface area contributed by atoms with Crippen LogP contribution in [-0.2, 0) is 0 Å². The third-order valence-electron chi connectivity index (χ3n) is 3.42. The standard InChI is InChI=1S/C18H18FN3O/c1-12-10-15(23-14(3)7-5-4-6-13(2)19)11-16-18(12)22-17(21-16)8-9-20-22/h4-11,20H,1-3H3/b5-4-,13-6+,14-7+. The van der Waals surface area contributed by atoms with Crippen molar-refractivity contribution >= 4 is 16.7 Å². The summed E-state index contributed by atoms with van der Waals surface area (Å²) >= 11 is 0. The van der Waals surface area contributed by atoms with Crippen LogP contribution < -0.4 is 4.74 Å². The number of aromatic nitrogens is 3. The number of hydrogen-bond donors (Lipinski definition) is 1. The van der Waals surface area contributed by atoms with E-state index in [1.165, 1.54) is 13.0 Å². The Labute approximate surface area is 133 Å². The quantitative estimate of drug-likeness (QED) is 0.553. The van der Waals surface area contributed by atoms with Gasteiger partial charge < -0.3 is 4.74 Å². The number of ether oxygens (including phenoxy) is 1. The first kappa shape index (κ1) is 15.1. The van der Waals surface area contributed by atoms with E-state index in [-0.39, 0.29) is 5.83 Å². The zero-order chi connectivity index (χ0) is 16.4. The van der Waals surface area contributed by atoms with Crippen LogP contribution in [0.3, 0.4) is 0 Å². The van der Waals surface area contributed by atoms with E-state index < -0.39 is 0 Å². The van der Waals surface area contributed by atoms with Crippen LogP contribution in [0.5, 0.6) is 5.75 Å². The van der Waals surface area contributed by atoms with Crippen molar-refractivity contribution in [2.45, 2.75) is 20.8 Å². The molecular weight excluding hydrogens is 293 g/mol. The van der Waals surface area contributed by atoms with Crippen molar-refractivity contribution in [2.75, 3.05) is 0 Å². The Hall–Kier alpha value is -2.82. The molecule has 0 saturated carbocycles. The topological polar surface area (TPSA) is 42.3 Å². The Morgan fingerprint density at radius 2 is 2.04 bits per heavy atom. The highest BCUT2D eigenvalue weighted by Gasteiger charge is 2.10. The molecule has 5 heteroatoms. The van der Waals surface area contributed by atoms with Crippen LogP contribution >= 0.6 is 0 Å². The SMILES string of the molecule is C\C(F)=C/C=C\C=C(/C)Oc1cc(C)c2c(c1)nc1cc[nH]n12. The zero-order valence-corrected chi connectivity index (χ0v) is 13.3. The lowest BCUT2D eigenvalue weighted by Crippen LogP contribution is -1.92. The molecule has 0 bridgehead atoms. The van der Waals surface area contributed by atoms with Gasteiger partial charge in [0, 0.05) is 18.3 Å². The molecule has 2 aromatic heterocycles. The van der Waals surface area contributed by atoms with Gasteiger partial charge in [-0.1, -0.05) is 12.2 Å². The molecule has 0 atom stereocenters. The van der Waals surface area contributed by atoms with Gasteiger partial charge in [0.1, 0.15) is 11.5 Å². The minimum atomic E-state index is -0.232. The van der Waals surface area contributed by atoms with Gasteiger partial charge in [-0.3, -0.25) is 5.10 Å². The molecule has 0 fully saturated rings. The summed E-state index contributed by atoms with van der Waals surface area (Å²) in [6, 6.07) is 5.82. The fraction of sp³-hybridized carbons (Fsp3) is 0.167. The minimum absolute atomic E-state index is 0.232. The molecule has 1 N–H and O–H groups in total. The van der Waals surface area contributed by atoms with Gasteiger partial charge >= 0.3 is 0 Å². The number of nitrogens with zero attached hydrogens (tertiary/aromatic N) is 2. The number of imidazole rings is 1. The van der Waals surface area contributed by atoms with Gasteiger partial charge in [-0.05, 0) is 44.6 Å². The van der Waals surface area contributed by atoms with Crippen molar-refractivity contribution in [3.8, 4) is 5.75 Å². The van der Waals surface area contributed by atoms with E-state index >= 15 is 0 Å². The third-order valence-corrected chi connectivity index (χ3v) is 3.42. The van der Waals surface area contributed by atoms with Crippen LogP contribution in [-0.4, -0.2) is 14.6 Å². The van der Waals surface area contributed by atoms with E-state index in [4.69, 9.17) is 4.74 Å². The molecule has 0 radical (unpaired) electrons. The molecule has 0 aliphatic carbocycles. The molecule has 118 valence electrons. The first-order valence-corrected chi connectivity index (χ1v) is 7.36. The number of fused-ring (bicyclic) bond motifs is 3. The van der Waals surface area contributed by atoms with Crippen molar-refractivity contribution in [1.29, 1.82) is 0 Å². The van der Waals surface area contributed by atoms with Crippen molar-refractivity contribution in [1.82, 2.24) is 14.6 Å². The van der Waals surface area contributed by atoms with E-state index in [9.17, 15) is 4.39 Å². The molecule has 0 unspecified atom stereocenters. The van der Waals surface area contributed by atoms with Crippen LogP contribution in [0, 0.1) is 6.92 Å². The molecular formula is C18H18FN3O. The van der Waals surface area contributed by atoms with Gasteiger partial charge in [-0.25, -0.2) is 13.9 Å². The number of hydrogen-bond acceptors (Lipinski definition) is 2. The average Bonchev–Trinajstić information content (AvgIpc) is 3.03. The number of nitrogens with one attached hydrogen (secondary N) is 1. The molecule has 0 aliphatic heterocycles. The highest BCUT2D eigenvalue weighted by atomic mass is 19.1. The molecule has 3 aromatic rings. The number of aryl methyl sites for hydroxylation is 1. The second-order valence-electron chi connectivity index (χ2n) is 5.39. The number of rotatable bonds is 4. The lowest BCUT2D eigenvalue weighted by atomic mass is 10.2. The predicted octanol–water partition coefficient (Wildman–Crippen LogP) is 4.84. The molecule has 0 saturated heterocycles. The van der Waals surface area contributed by atoms with Crippen molar-refractivity contribution in [2.24, 2.45) is 0 Å². The lowest BCUT2D eigenvalue weighted by molar-refractivity contribution is 0.428. The average molecular weight is 311 g/mol. The van der Waals surface area contributed by atoms with E-state index in [2.05, 4.69) is 10.1 Å². The van der Waals surface area contributed by atoms with E-state index in [0.29, 0.717) is 0 Å². The fourth-order valence-corrected chi connectivity index (χ4v) is 2.48. The summed E-state index contributed by atoms with van der Waals surface area (Å²) < 4.78 is 20.3. The van der Waals surface area contributed by atoms with Crippen molar-refractivity contribution < 1.29 is 9.13 Å². The molecule has 0 spiro atoms. The Morgan fingerprint density at radius 1 is 1.26 bits per heavy atom. The van der Waals surface area contributed by atoms with Crippen LogP contribution in [0.1, 0.15) is 19.4 Å². The van der Waals surface area contributed by atoms with Crippen LogP contribution in [0.25, 0.3) is 16.7 Å². The molecule has 23 heavy (non-hydrogen) atoms. The van der Waals surface area contributed by atoms with Crippen LogP contribution in [0.15, 0.2) is 60.3 Å². The maximum Gasteiger partial charge on any atom is 0.154 e. The van der Waals surface area contributed by atoms with Gasteiger partial charge in [0.2, 0.25) is 0 Å². The summed E-state index contributed by atoms with van der Waals surface area (Å²) in [6.07, 6.45) is 8.42. The predicted molar refractivity (Wildman–Crippen MR) is 90.2 cm³/mol. The zero-order valence-electron chi connectivity index (χ0n) is 13.3. The molecule has 2 heterocycles. The van der Waals surface area contributed by atoms with E-state index in [0.717, 1.165) is 33.8 Å². The van der Waals surface area contributed by atoms with Crippen LogP contribution in [0.2, 0.25) is 0 Å². The van der Waals surface area contributed by atoms with Crippen LogP contribution in [0.4, 0.5) is 4.39 Å². The Kier molecular flexibility index (Phi) is 4.02. The highest BCUT2D eigenvalue weighted by Crippen LogP contribution is 2.26. The van der Waals surface area contributed by atoms with E-state index in [1.54, 1.807) is 18.2 Å². The maximum absolute atomic E-state index is 12.6. The first-order chi connectivity index (χ1) is 11.0. The monoisotopic (exact) mass is 311 g/mol. The largest absolute Gasteiger partial charge is 0.462 e. The summed E-state index contributed by atoms with van der Waals surface area (Å²) in [5.41, 5.74) is 3.88. The van der Waals surface area contributed by atoms with Crippen molar-refractivity contribution in [3.05, 3.63) is 65.8 Å². The summed E-state index contributed by atoms with van der Waals surface area (Å²) in [5, 5.41) is 3.14. The summed E-state index contributed by atoms with van der Waals surface area (Å²) in [7, 11) is 0. The number of H-pyrrole nitrogens is 1. The molecule has 0 amide bonds. The van der Waals surface area contributed by atoms with Crippen molar-refractivity contribution in [3.63, 3.8) is 0 Å². The number of benzene rings is 1. The van der Waals surface area contributed by atoms with Gasteiger partial charge in [0.25, 0.3) is 0 Å². The Morgan fingerprint density at radius 3 is 2.83 bits per heavy atom. The third kappa shape index (κ3) is 3.18. The lowest BCUT2D eigenvalue weighted by Gasteiger charge is -2.07. The second kappa shape index (κ2) is 6.12. The van der Waals surface area contributed by atoms with Gasteiger partial charge in [-0.2, -0.15) is 0 Å². The van der Waals surface area contributed by atoms with Gasteiger partial charge in [-0.15, -0.1) is 0 Å². The minimum Gasteiger partial charge on any atom is -0.462 e. The highest BCUT2D eigenvalue weighted by molar-refractivity contribution is 5.84. The normalized spacial score (nSPS) is 13.6. The summed E-state index contributed by atoms with van der Waals surface area (Å²) in [5.74, 6) is 1.22. The Balaban J connectivity index is 1.87. The number of halogens is 1. The maximum atomic E-state index is 12.6. The fourth-order valence-electron chi connectivity index (χ4n) is 2.48. The smallest absolute Gasteiger partial charge is 0.154 e. The number of allylic oxidation sites excluding steroid dienone is 6. The van der Waals surface area contributed by atoms with E-state index in [1.807, 2.05) is 42.8 Å². The first-order valence-electron chi connectivity index (χ1n) is 7.36. The van der Waals surface area contributed by atoms with Gasteiger partial charge in [0.15, 0.2) is 5.65 Å². The summed E-state index contributed by atoms with van der Waals surface area (Å²) in [4.78, 5) is 4.57. The summed E-state index contributed by atoms with van der Waals surface area (Å²) in [6.45, 7) is 5.28.